The second-order valence-electron chi connectivity index (χ2n) is 3.00. The lowest BCUT2D eigenvalue weighted by atomic mass is 10.3. The summed E-state index contributed by atoms with van der Waals surface area (Å²) in [5, 5.41) is 2.93. The number of nitrogens with zero attached hydrogens (tertiary/aromatic N) is 1. The number of unbranched alkanes of at least 4 members (excludes halogenated alkanes) is 1. The fourth-order valence-electron chi connectivity index (χ4n) is 0.965. The molecule has 1 rings (SSSR count). The smallest absolute Gasteiger partial charge is 0.295 e. The van der Waals surface area contributed by atoms with Gasteiger partial charge < -0.3 is 0 Å². The van der Waals surface area contributed by atoms with Gasteiger partial charge in [-0.05, 0) is 6.42 Å². The van der Waals surface area contributed by atoms with E-state index in [1.807, 2.05) is 6.92 Å². The van der Waals surface area contributed by atoms with Crippen LogP contribution in [0.3, 0.4) is 0 Å². The zero-order valence-corrected chi connectivity index (χ0v) is 8.28. The Morgan fingerprint density at radius 1 is 1.71 bits per heavy atom. The number of rotatable bonds is 5. The minimum Gasteiger partial charge on any atom is -0.295 e. The monoisotopic (exact) mass is 199 g/mol. The molecule has 1 aliphatic heterocycles. The summed E-state index contributed by atoms with van der Waals surface area (Å²) in [6.07, 6.45) is 1.65. The standard InChI is InChI=1S/C9H15N2O3/c1-2-3-4-9(12)14-13-8-7-10-5-6-11-8/h8,11H,2-6H2,1H3/q+1. The largest absolute Gasteiger partial charge is 0.342 e. The van der Waals surface area contributed by atoms with Crippen LogP contribution in [0, 0.1) is 6.07 Å². The van der Waals surface area contributed by atoms with Gasteiger partial charge in [0.15, 0.2) is 0 Å². The predicted molar refractivity (Wildman–Crippen MR) is 50.6 cm³/mol. The molecule has 0 aromatic carbocycles. The van der Waals surface area contributed by atoms with Crippen LogP contribution in [-0.4, -0.2) is 25.3 Å². The summed E-state index contributed by atoms with van der Waals surface area (Å²) >= 11 is 0. The summed E-state index contributed by atoms with van der Waals surface area (Å²) in [4.78, 5) is 24.2. The van der Waals surface area contributed by atoms with Crippen molar-refractivity contribution in [2.45, 2.75) is 32.4 Å². The van der Waals surface area contributed by atoms with Gasteiger partial charge in [0.2, 0.25) is 0 Å². The van der Waals surface area contributed by atoms with Crippen molar-refractivity contribution in [2.75, 3.05) is 13.1 Å². The maximum absolute atomic E-state index is 11.0. The highest BCUT2D eigenvalue weighted by Crippen LogP contribution is 1.99. The van der Waals surface area contributed by atoms with E-state index in [9.17, 15) is 4.79 Å². The van der Waals surface area contributed by atoms with Gasteiger partial charge in [-0.1, -0.05) is 18.2 Å². The first kappa shape index (κ1) is 11.0. The summed E-state index contributed by atoms with van der Waals surface area (Å²) in [5.74, 6) is -0.346. The van der Waals surface area contributed by atoms with E-state index in [1.165, 1.54) is 0 Å². The number of hydrogen-bond acceptors (Lipinski definition) is 4. The molecule has 1 N–H and O–H groups in total. The maximum Gasteiger partial charge on any atom is 0.342 e. The van der Waals surface area contributed by atoms with Gasteiger partial charge >= 0.3 is 12.0 Å². The number of hydrogen-bond donors (Lipinski definition) is 1. The molecule has 0 aliphatic carbocycles. The van der Waals surface area contributed by atoms with Gasteiger partial charge in [-0.3, -0.25) is 10.2 Å². The van der Waals surface area contributed by atoms with E-state index < -0.39 is 6.23 Å². The second kappa shape index (κ2) is 6.35. The second-order valence-corrected chi connectivity index (χ2v) is 3.00. The van der Waals surface area contributed by atoms with Gasteiger partial charge in [-0.2, -0.15) is 0 Å². The van der Waals surface area contributed by atoms with Gasteiger partial charge in [0.1, 0.15) is 0 Å². The highest BCUT2D eigenvalue weighted by molar-refractivity contribution is 5.68. The van der Waals surface area contributed by atoms with Gasteiger partial charge in [-0.15, -0.1) is 4.89 Å². The molecule has 0 saturated carbocycles. The Labute approximate surface area is 83.1 Å². The van der Waals surface area contributed by atoms with E-state index >= 15 is 0 Å². The fourth-order valence-corrected chi connectivity index (χ4v) is 0.965. The molecule has 0 saturated heterocycles. The molecule has 1 aliphatic rings. The molecule has 0 amide bonds. The lowest BCUT2D eigenvalue weighted by Gasteiger charge is -2.08. The summed E-state index contributed by atoms with van der Waals surface area (Å²) < 4.78 is 0. The van der Waals surface area contributed by atoms with Crippen molar-refractivity contribution in [1.82, 2.24) is 5.32 Å². The Morgan fingerprint density at radius 2 is 2.57 bits per heavy atom. The summed E-state index contributed by atoms with van der Waals surface area (Å²) in [6.45, 7) is 3.41. The minimum absolute atomic E-state index is 0.346. The van der Waals surface area contributed by atoms with Crippen LogP contribution in [0.15, 0.2) is 0 Å². The quantitative estimate of drug-likeness (QED) is 0.528. The average Bonchev–Trinajstić information content (AvgIpc) is 2.25. The number of nitrogens with one attached hydrogen (secondary N) is 1. The summed E-state index contributed by atoms with van der Waals surface area (Å²) in [6, 6.07) is 2.64. The molecule has 5 nitrogen and oxygen atoms in total. The highest BCUT2D eigenvalue weighted by atomic mass is 17.2. The normalized spacial score (nSPS) is 19.6. The zero-order valence-electron chi connectivity index (χ0n) is 8.28. The van der Waals surface area contributed by atoms with E-state index in [0.717, 1.165) is 12.8 Å². The van der Waals surface area contributed by atoms with E-state index in [2.05, 4.69) is 21.1 Å². The molecule has 1 atom stereocenters. The van der Waals surface area contributed by atoms with Crippen molar-refractivity contribution < 1.29 is 14.6 Å². The van der Waals surface area contributed by atoms with Crippen molar-refractivity contribution in [3.63, 3.8) is 0 Å². The summed E-state index contributed by atoms with van der Waals surface area (Å²) in [7, 11) is 0. The maximum atomic E-state index is 11.0. The molecule has 0 radical (unpaired) electrons. The Morgan fingerprint density at radius 3 is 3.21 bits per heavy atom. The molecule has 0 fully saturated rings. The molecular formula is C9H15N2O3+. The van der Waals surface area contributed by atoms with Crippen LogP contribution in [0.2, 0.25) is 0 Å². The third-order valence-corrected chi connectivity index (χ3v) is 1.73. The molecule has 0 aromatic rings. The van der Waals surface area contributed by atoms with Gasteiger partial charge in [-0.25, -0.2) is 4.79 Å². The lowest BCUT2D eigenvalue weighted by Crippen LogP contribution is -2.35. The molecule has 1 unspecified atom stereocenters. The molecule has 0 bridgehead atoms. The minimum atomic E-state index is -0.519. The van der Waals surface area contributed by atoms with Gasteiger partial charge in [0.25, 0.3) is 12.8 Å². The molecule has 1 heterocycles. The lowest BCUT2D eigenvalue weighted by molar-refractivity contribution is -0.292. The first-order chi connectivity index (χ1) is 6.83. The van der Waals surface area contributed by atoms with Crippen LogP contribution >= 0.6 is 0 Å². The Hall–Kier alpha value is -1.12. The van der Waals surface area contributed by atoms with Crippen LogP contribution in [0.1, 0.15) is 26.2 Å². The van der Waals surface area contributed by atoms with Gasteiger partial charge in [0, 0.05) is 6.42 Å². The molecule has 78 valence electrons. The van der Waals surface area contributed by atoms with E-state index in [4.69, 9.17) is 4.89 Å². The average molecular weight is 199 g/mol. The highest BCUT2D eigenvalue weighted by Gasteiger charge is 2.19. The Bertz CT molecular complexity index is 244. The topological polar surface area (TPSA) is 51.9 Å². The third kappa shape index (κ3) is 4.21. The predicted octanol–water partition coefficient (Wildman–Crippen LogP) is 0.914. The van der Waals surface area contributed by atoms with Crippen LogP contribution in [0.5, 0.6) is 0 Å². The van der Waals surface area contributed by atoms with Crippen molar-refractivity contribution in [3.8, 4) is 6.07 Å². The van der Waals surface area contributed by atoms with E-state index in [-0.39, 0.29) is 5.97 Å². The van der Waals surface area contributed by atoms with Crippen molar-refractivity contribution in [1.29, 1.82) is 0 Å². The Balaban J connectivity index is 2.12. The first-order valence-electron chi connectivity index (χ1n) is 4.84. The number of carbonyl (C=O) groups excluding carboxylic acids is 1. The Kier molecular flexibility index (Phi) is 4.97. The van der Waals surface area contributed by atoms with Crippen LogP contribution in [0.25, 0.3) is 4.85 Å². The van der Waals surface area contributed by atoms with Crippen molar-refractivity contribution in [2.24, 2.45) is 0 Å². The summed E-state index contributed by atoms with van der Waals surface area (Å²) in [5.41, 5.74) is 0. The van der Waals surface area contributed by atoms with Crippen LogP contribution < -0.4 is 5.32 Å². The van der Waals surface area contributed by atoms with Gasteiger partial charge in [0.05, 0.1) is 6.54 Å². The molecular weight excluding hydrogens is 184 g/mol. The van der Waals surface area contributed by atoms with E-state index in [1.54, 1.807) is 0 Å². The van der Waals surface area contributed by atoms with E-state index in [0.29, 0.717) is 19.5 Å². The fraction of sp³-hybridized carbons (Fsp3) is 0.778. The SMILES string of the molecule is CCCCC(=O)OOC1C#[N+]CCN1. The number of carbonyl (C=O) groups is 1. The molecule has 5 heteroatoms. The first-order valence-corrected chi connectivity index (χ1v) is 4.84. The van der Waals surface area contributed by atoms with Crippen LogP contribution in [0.4, 0.5) is 0 Å². The van der Waals surface area contributed by atoms with Crippen molar-refractivity contribution in [3.05, 3.63) is 4.85 Å². The molecule has 14 heavy (non-hydrogen) atoms. The third-order valence-electron chi connectivity index (χ3n) is 1.73. The van der Waals surface area contributed by atoms with Crippen LogP contribution in [-0.2, 0) is 14.6 Å². The van der Waals surface area contributed by atoms with Crippen molar-refractivity contribution >= 4 is 5.97 Å². The molecule has 0 aromatic heterocycles. The zero-order chi connectivity index (χ0) is 10.2. The molecule has 0 spiro atoms.